The van der Waals surface area contributed by atoms with E-state index in [-0.39, 0.29) is 6.17 Å². The van der Waals surface area contributed by atoms with E-state index in [1.807, 2.05) is 28.9 Å². The lowest BCUT2D eigenvalue weighted by atomic mass is 10.1. The Morgan fingerprint density at radius 2 is 1.67 bits per heavy atom. The second kappa shape index (κ2) is 8.48. The molecule has 0 bridgehead atoms. The van der Waals surface area contributed by atoms with Crippen LogP contribution in [0.3, 0.4) is 0 Å². The molecule has 1 atom stereocenters. The quantitative estimate of drug-likeness (QED) is 0.536. The van der Waals surface area contributed by atoms with Gasteiger partial charge in [-0.05, 0) is 37.1 Å². The molecule has 0 fully saturated rings. The molecule has 4 nitrogen and oxygen atoms in total. The van der Waals surface area contributed by atoms with E-state index in [0.29, 0.717) is 0 Å². The molecule has 0 saturated carbocycles. The van der Waals surface area contributed by atoms with Crippen molar-refractivity contribution >= 4 is 16.7 Å². The first kappa shape index (κ1) is 16.5. The summed E-state index contributed by atoms with van der Waals surface area (Å²) in [5, 5.41) is 12.3. The van der Waals surface area contributed by atoms with Gasteiger partial charge in [-0.3, -0.25) is 0 Å². The lowest BCUT2D eigenvalue weighted by Crippen LogP contribution is -2.19. The highest BCUT2D eigenvalue weighted by atomic mass is 15.5. The van der Waals surface area contributed by atoms with Crippen LogP contribution in [0.2, 0.25) is 0 Å². The van der Waals surface area contributed by atoms with Gasteiger partial charge in [0.25, 0.3) is 0 Å². The zero-order valence-corrected chi connectivity index (χ0v) is 14.4. The van der Waals surface area contributed by atoms with E-state index in [4.69, 9.17) is 0 Å². The second-order valence-corrected chi connectivity index (χ2v) is 6.25. The van der Waals surface area contributed by atoms with Gasteiger partial charge in [0.15, 0.2) is 0 Å². The van der Waals surface area contributed by atoms with Crippen molar-refractivity contribution in [2.24, 2.45) is 0 Å². The minimum atomic E-state index is 0.126. The largest absolute Gasteiger partial charge is 0.364 e. The van der Waals surface area contributed by atoms with Crippen molar-refractivity contribution in [3.05, 3.63) is 54.6 Å². The highest BCUT2D eigenvalue weighted by Gasteiger charge is 2.15. The molecule has 3 rings (SSSR count). The van der Waals surface area contributed by atoms with Crippen molar-refractivity contribution in [1.82, 2.24) is 15.0 Å². The maximum Gasteiger partial charge on any atom is 0.123 e. The third-order valence-corrected chi connectivity index (χ3v) is 4.36. The van der Waals surface area contributed by atoms with Gasteiger partial charge in [-0.1, -0.05) is 68.2 Å². The third-order valence-electron chi connectivity index (χ3n) is 4.36. The maximum atomic E-state index is 4.41. The van der Waals surface area contributed by atoms with E-state index in [2.05, 4.69) is 52.9 Å². The van der Waals surface area contributed by atoms with Crippen molar-refractivity contribution in [1.29, 1.82) is 0 Å². The van der Waals surface area contributed by atoms with Crippen molar-refractivity contribution in [2.75, 3.05) is 5.32 Å². The highest BCUT2D eigenvalue weighted by Crippen LogP contribution is 2.23. The number of benzene rings is 2. The zero-order chi connectivity index (χ0) is 16.6. The van der Waals surface area contributed by atoms with Gasteiger partial charge in [0.1, 0.15) is 11.7 Å². The smallest absolute Gasteiger partial charge is 0.123 e. The van der Waals surface area contributed by atoms with Gasteiger partial charge >= 0.3 is 0 Å². The van der Waals surface area contributed by atoms with Gasteiger partial charge in [-0.2, -0.15) is 0 Å². The molecule has 1 unspecified atom stereocenters. The van der Waals surface area contributed by atoms with Crippen LogP contribution in [0.4, 0.5) is 5.69 Å². The zero-order valence-electron chi connectivity index (χ0n) is 14.4. The van der Waals surface area contributed by atoms with Gasteiger partial charge in [-0.25, -0.2) is 4.68 Å². The molecule has 0 aliphatic heterocycles. The van der Waals surface area contributed by atoms with E-state index < -0.39 is 0 Å². The predicted octanol–water partition coefficient (Wildman–Crippen LogP) is 5.40. The summed E-state index contributed by atoms with van der Waals surface area (Å²) in [5.74, 6) is 0. The van der Waals surface area contributed by atoms with Gasteiger partial charge in [0.05, 0.1) is 5.52 Å². The molecule has 4 heteroatoms. The lowest BCUT2D eigenvalue weighted by molar-refractivity contribution is 0.445. The lowest BCUT2D eigenvalue weighted by Gasteiger charge is -2.20. The predicted molar refractivity (Wildman–Crippen MR) is 100 cm³/mol. The fourth-order valence-corrected chi connectivity index (χ4v) is 3.04. The second-order valence-electron chi connectivity index (χ2n) is 6.25. The van der Waals surface area contributed by atoms with Crippen LogP contribution in [0, 0.1) is 0 Å². The Balaban J connectivity index is 1.76. The Morgan fingerprint density at radius 1 is 0.917 bits per heavy atom. The molecule has 0 aliphatic rings. The van der Waals surface area contributed by atoms with Gasteiger partial charge in [-0.15, -0.1) is 5.10 Å². The number of unbranched alkanes of at least 4 members (excludes halogenated alkanes) is 4. The number of hydrogen-bond acceptors (Lipinski definition) is 3. The molecule has 126 valence electrons. The number of anilines is 1. The number of para-hydroxylation sites is 2. The van der Waals surface area contributed by atoms with Crippen LogP contribution >= 0.6 is 0 Å². The molecule has 24 heavy (non-hydrogen) atoms. The van der Waals surface area contributed by atoms with E-state index in [1.165, 1.54) is 32.1 Å². The summed E-state index contributed by atoms with van der Waals surface area (Å²) in [6.45, 7) is 2.25. The summed E-state index contributed by atoms with van der Waals surface area (Å²) in [6.07, 6.45) is 7.55. The number of nitrogens with zero attached hydrogens (tertiary/aromatic N) is 3. The molecular weight excluding hydrogens is 296 g/mol. The molecule has 0 spiro atoms. The van der Waals surface area contributed by atoms with E-state index in [1.54, 1.807) is 0 Å². The summed E-state index contributed by atoms with van der Waals surface area (Å²) in [4.78, 5) is 0. The number of aromatic nitrogens is 3. The normalized spacial score (nSPS) is 12.4. The van der Waals surface area contributed by atoms with Crippen molar-refractivity contribution in [3.8, 4) is 0 Å². The molecule has 0 radical (unpaired) electrons. The first-order valence-corrected chi connectivity index (χ1v) is 9.00. The molecule has 1 aromatic heterocycles. The highest BCUT2D eigenvalue weighted by molar-refractivity contribution is 5.74. The minimum absolute atomic E-state index is 0.126. The average molecular weight is 322 g/mol. The van der Waals surface area contributed by atoms with Crippen LogP contribution in [0.1, 0.15) is 51.6 Å². The van der Waals surface area contributed by atoms with Crippen LogP contribution in [0.25, 0.3) is 11.0 Å². The van der Waals surface area contributed by atoms with Gasteiger partial charge < -0.3 is 5.32 Å². The molecule has 1 N–H and O–H groups in total. The summed E-state index contributed by atoms with van der Waals surface area (Å²) >= 11 is 0. The summed E-state index contributed by atoms with van der Waals surface area (Å²) in [7, 11) is 0. The van der Waals surface area contributed by atoms with Crippen LogP contribution in [0.5, 0.6) is 0 Å². The molecule has 0 amide bonds. The Hall–Kier alpha value is -2.36. The van der Waals surface area contributed by atoms with Crippen LogP contribution in [-0.2, 0) is 0 Å². The van der Waals surface area contributed by atoms with Crippen LogP contribution in [0.15, 0.2) is 54.6 Å². The number of nitrogens with one attached hydrogen (secondary N) is 1. The number of rotatable bonds is 9. The molecule has 2 aromatic carbocycles. The topological polar surface area (TPSA) is 42.7 Å². The van der Waals surface area contributed by atoms with Gasteiger partial charge in [0, 0.05) is 5.69 Å². The standard InChI is InChI=1S/C20H26N4/c1-2-3-4-5-9-16-20(21-17-12-7-6-8-13-17)24-19-15-11-10-14-18(19)22-23-24/h6-8,10-15,20-21H,2-5,9,16H2,1H3. The van der Waals surface area contributed by atoms with E-state index >= 15 is 0 Å². The van der Waals surface area contributed by atoms with Gasteiger partial charge in [0.2, 0.25) is 0 Å². The van der Waals surface area contributed by atoms with E-state index in [0.717, 1.165) is 23.1 Å². The number of fused-ring (bicyclic) bond motifs is 1. The molecule has 3 aromatic rings. The Kier molecular flexibility index (Phi) is 5.83. The molecule has 1 heterocycles. The number of hydrogen-bond donors (Lipinski definition) is 1. The van der Waals surface area contributed by atoms with Crippen molar-refractivity contribution in [3.63, 3.8) is 0 Å². The summed E-state index contributed by atoms with van der Waals surface area (Å²) in [5.41, 5.74) is 3.15. The van der Waals surface area contributed by atoms with Crippen molar-refractivity contribution < 1.29 is 0 Å². The maximum absolute atomic E-state index is 4.41. The first-order valence-electron chi connectivity index (χ1n) is 9.00. The van der Waals surface area contributed by atoms with Crippen molar-refractivity contribution in [2.45, 2.75) is 51.6 Å². The molecule has 0 saturated heterocycles. The average Bonchev–Trinajstić information content (AvgIpc) is 3.05. The Bertz CT molecular complexity index is 735. The third kappa shape index (κ3) is 4.13. The Morgan fingerprint density at radius 3 is 2.50 bits per heavy atom. The monoisotopic (exact) mass is 322 g/mol. The summed E-state index contributed by atoms with van der Waals surface area (Å²) in [6, 6.07) is 18.5. The molecular formula is C20H26N4. The molecule has 0 aliphatic carbocycles. The SMILES string of the molecule is CCCCCCCC(Nc1ccccc1)n1nnc2ccccc21. The van der Waals surface area contributed by atoms with Crippen LogP contribution in [-0.4, -0.2) is 15.0 Å². The van der Waals surface area contributed by atoms with Crippen LogP contribution < -0.4 is 5.32 Å². The fraction of sp³-hybridized carbons (Fsp3) is 0.400. The first-order chi connectivity index (χ1) is 11.9. The summed E-state index contributed by atoms with van der Waals surface area (Å²) < 4.78 is 2.03. The van der Waals surface area contributed by atoms with E-state index in [9.17, 15) is 0 Å². The Labute approximate surface area is 143 Å². The fourth-order valence-electron chi connectivity index (χ4n) is 3.04. The minimum Gasteiger partial charge on any atom is -0.364 e.